The van der Waals surface area contributed by atoms with Crippen molar-refractivity contribution in [1.82, 2.24) is 10.6 Å². The number of carbonyl (C=O) groups excluding carboxylic acids is 1. The van der Waals surface area contributed by atoms with E-state index in [0.717, 1.165) is 13.0 Å². The van der Waals surface area contributed by atoms with E-state index in [1.165, 1.54) is 0 Å². The van der Waals surface area contributed by atoms with Crippen LogP contribution >= 0.6 is 0 Å². The summed E-state index contributed by atoms with van der Waals surface area (Å²) in [5.74, 6) is 0.0845. The van der Waals surface area contributed by atoms with Crippen molar-refractivity contribution in [2.45, 2.75) is 12.8 Å². The number of hydrogen-bond donors (Lipinski definition) is 2. The maximum absolute atomic E-state index is 11.1. The second-order valence-electron chi connectivity index (χ2n) is 3.16. The highest BCUT2D eigenvalue weighted by atomic mass is 16.5. The van der Waals surface area contributed by atoms with Gasteiger partial charge in [-0.3, -0.25) is 4.79 Å². The average Bonchev–Trinajstić information content (AvgIpc) is 2.25. The van der Waals surface area contributed by atoms with Crippen molar-refractivity contribution < 1.29 is 14.3 Å². The summed E-state index contributed by atoms with van der Waals surface area (Å²) < 4.78 is 10.1. The molecule has 2 N–H and O–H groups in total. The van der Waals surface area contributed by atoms with Crippen molar-refractivity contribution in [3.63, 3.8) is 0 Å². The molecule has 0 aromatic rings. The Kier molecular flexibility index (Phi) is 10.9. The smallest absolute Gasteiger partial charge is 0.221 e. The second-order valence-corrected chi connectivity index (χ2v) is 3.16. The van der Waals surface area contributed by atoms with Gasteiger partial charge in [-0.1, -0.05) is 0 Å². The van der Waals surface area contributed by atoms with Gasteiger partial charge in [0.1, 0.15) is 0 Å². The van der Waals surface area contributed by atoms with E-state index in [0.29, 0.717) is 32.8 Å². The van der Waals surface area contributed by atoms with Gasteiger partial charge in [0.25, 0.3) is 0 Å². The highest BCUT2D eigenvalue weighted by Gasteiger charge is 1.98. The van der Waals surface area contributed by atoms with Crippen molar-refractivity contribution in [1.29, 1.82) is 0 Å². The van der Waals surface area contributed by atoms with Crippen LogP contribution in [0.5, 0.6) is 0 Å². The summed E-state index contributed by atoms with van der Waals surface area (Å²) >= 11 is 0. The number of carbonyl (C=O) groups is 1. The zero-order valence-corrected chi connectivity index (χ0v) is 9.67. The molecule has 0 aliphatic heterocycles. The minimum absolute atomic E-state index is 0.0845. The van der Waals surface area contributed by atoms with Crippen LogP contribution in [0.2, 0.25) is 0 Å². The largest absolute Gasteiger partial charge is 0.382 e. The van der Waals surface area contributed by atoms with Crippen molar-refractivity contribution in [3.05, 3.63) is 0 Å². The van der Waals surface area contributed by atoms with E-state index < -0.39 is 0 Å². The van der Waals surface area contributed by atoms with Gasteiger partial charge in [0, 0.05) is 33.2 Å². The molecule has 0 saturated carbocycles. The van der Waals surface area contributed by atoms with Crippen LogP contribution in [0.25, 0.3) is 0 Å². The summed E-state index contributed by atoms with van der Waals surface area (Å²) in [4.78, 5) is 11.1. The molecule has 0 unspecified atom stereocenters. The van der Waals surface area contributed by atoms with Gasteiger partial charge < -0.3 is 20.1 Å². The van der Waals surface area contributed by atoms with Crippen molar-refractivity contribution in [2.24, 2.45) is 0 Å². The van der Waals surface area contributed by atoms with Gasteiger partial charge in [-0.25, -0.2) is 0 Å². The average molecular weight is 218 g/mol. The number of rotatable bonds is 10. The first-order valence-electron chi connectivity index (χ1n) is 5.29. The molecule has 15 heavy (non-hydrogen) atoms. The van der Waals surface area contributed by atoms with Gasteiger partial charge in [0.15, 0.2) is 0 Å². The predicted octanol–water partition coefficient (Wildman–Crippen LogP) is -0.235. The summed E-state index contributed by atoms with van der Waals surface area (Å²) in [6.45, 7) is 3.29. The van der Waals surface area contributed by atoms with Crippen molar-refractivity contribution >= 4 is 5.91 Å². The van der Waals surface area contributed by atoms with Crippen LogP contribution in [0.3, 0.4) is 0 Å². The second kappa shape index (κ2) is 11.4. The molecule has 0 fully saturated rings. The quantitative estimate of drug-likeness (QED) is 0.497. The Morgan fingerprint density at radius 2 is 2.00 bits per heavy atom. The minimum Gasteiger partial charge on any atom is -0.382 e. The molecule has 0 aromatic heterocycles. The molecule has 0 aromatic carbocycles. The van der Waals surface area contributed by atoms with Crippen molar-refractivity contribution in [2.75, 3.05) is 47.1 Å². The van der Waals surface area contributed by atoms with Gasteiger partial charge in [-0.2, -0.15) is 0 Å². The van der Waals surface area contributed by atoms with Gasteiger partial charge in [-0.15, -0.1) is 0 Å². The molecule has 5 nitrogen and oxygen atoms in total. The monoisotopic (exact) mass is 218 g/mol. The minimum atomic E-state index is 0.0845. The molecule has 0 bridgehead atoms. The van der Waals surface area contributed by atoms with Gasteiger partial charge in [0.2, 0.25) is 5.91 Å². The third kappa shape index (κ3) is 11.3. The SMILES string of the molecule is CNCCC(=O)NCCCOCCOC. The fourth-order valence-electron chi connectivity index (χ4n) is 0.973. The number of hydrogen-bond acceptors (Lipinski definition) is 4. The zero-order chi connectivity index (χ0) is 11.4. The number of nitrogens with one attached hydrogen (secondary N) is 2. The van der Waals surface area contributed by atoms with Crippen LogP contribution in [0, 0.1) is 0 Å². The molecule has 0 rings (SSSR count). The summed E-state index contributed by atoms with van der Waals surface area (Å²) in [6.07, 6.45) is 1.37. The fraction of sp³-hybridized carbons (Fsp3) is 0.900. The van der Waals surface area contributed by atoms with E-state index in [1.807, 2.05) is 7.05 Å². The Labute approximate surface area is 91.5 Å². The van der Waals surface area contributed by atoms with Gasteiger partial charge in [0.05, 0.1) is 13.2 Å². The standard InChI is InChI=1S/C10H22N2O3/c1-11-6-4-10(13)12-5-3-7-15-9-8-14-2/h11H,3-9H2,1-2H3,(H,12,13). The lowest BCUT2D eigenvalue weighted by atomic mass is 10.3. The topological polar surface area (TPSA) is 59.6 Å². The lowest BCUT2D eigenvalue weighted by molar-refractivity contribution is -0.121. The van der Waals surface area contributed by atoms with Crippen LogP contribution in [0.15, 0.2) is 0 Å². The first-order chi connectivity index (χ1) is 7.31. The van der Waals surface area contributed by atoms with E-state index in [2.05, 4.69) is 10.6 Å². The molecule has 0 atom stereocenters. The summed E-state index contributed by atoms with van der Waals surface area (Å²) in [5, 5.41) is 5.74. The first kappa shape index (κ1) is 14.3. The molecular formula is C10H22N2O3. The summed E-state index contributed by atoms with van der Waals surface area (Å²) in [6, 6.07) is 0. The Bertz CT molecular complexity index is 154. The summed E-state index contributed by atoms with van der Waals surface area (Å²) in [5.41, 5.74) is 0. The Balaban J connectivity index is 3.06. The van der Waals surface area contributed by atoms with Crippen LogP contribution in [0.4, 0.5) is 0 Å². The third-order valence-corrected chi connectivity index (χ3v) is 1.82. The number of methoxy groups -OCH3 is 1. The lowest BCUT2D eigenvalue weighted by Crippen LogP contribution is -2.28. The van der Waals surface area contributed by atoms with E-state index in [9.17, 15) is 4.79 Å². The molecule has 5 heteroatoms. The maximum Gasteiger partial charge on any atom is 0.221 e. The number of ether oxygens (including phenoxy) is 2. The van der Waals surface area contributed by atoms with E-state index in [1.54, 1.807) is 7.11 Å². The van der Waals surface area contributed by atoms with Crippen LogP contribution in [-0.2, 0) is 14.3 Å². The molecule has 0 saturated heterocycles. The maximum atomic E-state index is 11.1. The fourth-order valence-corrected chi connectivity index (χ4v) is 0.973. The Morgan fingerprint density at radius 3 is 2.67 bits per heavy atom. The Hall–Kier alpha value is -0.650. The molecule has 0 radical (unpaired) electrons. The normalized spacial score (nSPS) is 10.3. The molecular weight excluding hydrogens is 196 g/mol. The number of amides is 1. The third-order valence-electron chi connectivity index (χ3n) is 1.82. The molecule has 0 aliphatic carbocycles. The van der Waals surface area contributed by atoms with Gasteiger partial charge >= 0.3 is 0 Å². The molecule has 0 spiro atoms. The van der Waals surface area contributed by atoms with Crippen LogP contribution in [0.1, 0.15) is 12.8 Å². The van der Waals surface area contributed by atoms with Crippen molar-refractivity contribution in [3.8, 4) is 0 Å². The van der Waals surface area contributed by atoms with Gasteiger partial charge in [-0.05, 0) is 13.5 Å². The van der Waals surface area contributed by atoms with Crippen LogP contribution < -0.4 is 10.6 Å². The van der Waals surface area contributed by atoms with E-state index >= 15 is 0 Å². The highest BCUT2D eigenvalue weighted by molar-refractivity contribution is 5.75. The highest BCUT2D eigenvalue weighted by Crippen LogP contribution is 1.83. The Morgan fingerprint density at radius 1 is 1.20 bits per heavy atom. The summed E-state index contributed by atoms with van der Waals surface area (Å²) in [7, 11) is 3.47. The predicted molar refractivity (Wildman–Crippen MR) is 58.9 cm³/mol. The molecule has 0 aliphatic rings. The van der Waals surface area contributed by atoms with E-state index in [4.69, 9.17) is 9.47 Å². The first-order valence-corrected chi connectivity index (χ1v) is 5.29. The molecule has 0 heterocycles. The lowest BCUT2D eigenvalue weighted by Gasteiger charge is -2.05. The molecule has 90 valence electrons. The van der Waals surface area contributed by atoms with Crippen LogP contribution in [-0.4, -0.2) is 53.0 Å². The van der Waals surface area contributed by atoms with E-state index in [-0.39, 0.29) is 5.91 Å². The molecule has 1 amide bonds. The zero-order valence-electron chi connectivity index (χ0n) is 9.67.